The summed E-state index contributed by atoms with van der Waals surface area (Å²) in [5.41, 5.74) is 6.40. The van der Waals surface area contributed by atoms with Crippen molar-refractivity contribution in [2.75, 3.05) is 11.1 Å². The molecular formula is C21H25NOS. The summed E-state index contributed by atoms with van der Waals surface area (Å²) in [6, 6.07) is 15.0. The standard InChI is InChI=1S/C21H25NOS/c1-15(2)17-8-6-16(7-9-17)13-24-14-21(23)22-20-11-10-18-4-3-5-19(18)12-20/h6-12,15H,3-5,13-14H2,1-2H3,(H,22,23). The van der Waals surface area contributed by atoms with Gasteiger partial charge in [0.05, 0.1) is 5.75 Å². The molecule has 0 atom stereocenters. The van der Waals surface area contributed by atoms with Gasteiger partial charge in [-0.15, -0.1) is 11.8 Å². The normalized spacial score (nSPS) is 13.1. The predicted molar refractivity (Wildman–Crippen MR) is 104 cm³/mol. The van der Waals surface area contributed by atoms with E-state index in [1.165, 1.54) is 35.1 Å². The van der Waals surface area contributed by atoms with E-state index in [4.69, 9.17) is 0 Å². The molecule has 0 bridgehead atoms. The zero-order valence-electron chi connectivity index (χ0n) is 14.5. The number of anilines is 1. The molecule has 1 amide bonds. The molecular weight excluding hydrogens is 314 g/mol. The average molecular weight is 340 g/mol. The highest BCUT2D eigenvalue weighted by atomic mass is 32.2. The topological polar surface area (TPSA) is 29.1 Å². The summed E-state index contributed by atoms with van der Waals surface area (Å²) >= 11 is 1.66. The molecule has 0 saturated heterocycles. The fraction of sp³-hybridized carbons (Fsp3) is 0.381. The number of hydrogen-bond donors (Lipinski definition) is 1. The maximum atomic E-state index is 12.1. The third kappa shape index (κ3) is 4.41. The molecule has 126 valence electrons. The van der Waals surface area contributed by atoms with E-state index >= 15 is 0 Å². The van der Waals surface area contributed by atoms with Crippen molar-refractivity contribution in [3.63, 3.8) is 0 Å². The zero-order chi connectivity index (χ0) is 16.9. The monoisotopic (exact) mass is 339 g/mol. The Morgan fingerprint density at radius 2 is 1.83 bits per heavy atom. The minimum Gasteiger partial charge on any atom is -0.325 e. The van der Waals surface area contributed by atoms with E-state index in [0.717, 1.165) is 17.9 Å². The van der Waals surface area contributed by atoms with E-state index in [0.29, 0.717) is 11.7 Å². The van der Waals surface area contributed by atoms with Gasteiger partial charge in [0.1, 0.15) is 0 Å². The molecule has 0 fully saturated rings. The highest BCUT2D eigenvalue weighted by Crippen LogP contribution is 2.25. The fourth-order valence-corrected chi connectivity index (χ4v) is 3.89. The van der Waals surface area contributed by atoms with E-state index in [1.54, 1.807) is 11.8 Å². The Balaban J connectivity index is 1.45. The number of benzene rings is 2. The van der Waals surface area contributed by atoms with E-state index in [9.17, 15) is 4.79 Å². The van der Waals surface area contributed by atoms with Crippen molar-refractivity contribution >= 4 is 23.4 Å². The van der Waals surface area contributed by atoms with Gasteiger partial charge in [0, 0.05) is 11.4 Å². The number of hydrogen-bond acceptors (Lipinski definition) is 2. The lowest BCUT2D eigenvalue weighted by atomic mass is 10.0. The van der Waals surface area contributed by atoms with Crippen molar-refractivity contribution in [2.45, 2.75) is 44.8 Å². The Kier molecular flexibility index (Phi) is 5.62. The molecule has 1 aliphatic carbocycles. The lowest BCUT2D eigenvalue weighted by Gasteiger charge is -2.08. The van der Waals surface area contributed by atoms with Crippen LogP contribution in [0.3, 0.4) is 0 Å². The van der Waals surface area contributed by atoms with Gasteiger partial charge in [-0.25, -0.2) is 0 Å². The maximum Gasteiger partial charge on any atom is 0.234 e. The van der Waals surface area contributed by atoms with Gasteiger partial charge in [-0.1, -0.05) is 44.2 Å². The molecule has 0 heterocycles. The van der Waals surface area contributed by atoms with Gasteiger partial charge in [0.25, 0.3) is 0 Å². The minimum atomic E-state index is 0.0803. The second kappa shape index (κ2) is 7.89. The van der Waals surface area contributed by atoms with Crippen LogP contribution in [0.4, 0.5) is 5.69 Å². The number of rotatable bonds is 6. The summed E-state index contributed by atoms with van der Waals surface area (Å²) in [6.07, 6.45) is 3.55. The van der Waals surface area contributed by atoms with Crippen LogP contribution >= 0.6 is 11.8 Å². The Labute approximate surface area is 149 Å². The van der Waals surface area contributed by atoms with Gasteiger partial charge < -0.3 is 5.32 Å². The van der Waals surface area contributed by atoms with Crippen molar-refractivity contribution in [2.24, 2.45) is 0 Å². The Morgan fingerprint density at radius 1 is 1.08 bits per heavy atom. The van der Waals surface area contributed by atoms with Gasteiger partial charge in [-0.2, -0.15) is 0 Å². The molecule has 2 aromatic rings. The number of carbonyl (C=O) groups is 1. The van der Waals surface area contributed by atoms with Crippen LogP contribution in [0, 0.1) is 0 Å². The van der Waals surface area contributed by atoms with Gasteiger partial charge in [-0.3, -0.25) is 4.79 Å². The number of amides is 1. The van der Waals surface area contributed by atoms with E-state index in [-0.39, 0.29) is 5.91 Å². The predicted octanol–water partition coefficient (Wildman–Crippen LogP) is 5.17. The van der Waals surface area contributed by atoms with Crippen LogP contribution < -0.4 is 5.32 Å². The Hall–Kier alpha value is -1.74. The molecule has 1 N–H and O–H groups in total. The number of carbonyl (C=O) groups excluding carboxylic acids is 1. The zero-order valence-corrected chi connectivity index (χ0v) is 15.3. The van der Waals surface area contributed by atoms with Crippen LogP contribution in [0.25, 0.3) is 0 Å². The number of fused-ring (bicyclic) bond motifs is 1. The molecule has 2 nitrogen and oxygen atoms in total. The SMILES string of the molecule is CC(C)c1ccc(CSCC(=O)Nc2ccc3c(c2)CCC3)cc1. The molecule has 0 aliphatic heterocycles. The second-order valence-electron chi connectivity index (χ2n) is 6.77. The third-order valence-corrected chi connectivity index (χ3v) is 5.53. The molecule has 1 aliphatic rings. The van der Waals surface area contributed by atoms with Crippen LogP contribution in [0.1, 0.15) is 48.4 Å². The van der Waals surface area contributed by atoms with Crippen LogP contribution in [0.15, 0.2) is 42.5 Å². The largest absolute Gasteiger partial charge is 0.325 e. The van der Waals surface area contributed by atoms with Crippen LogP contribution in [0.5, 0.6) is 0 Å². The quantitative estimate of drug-likeness (QED) is 0.786. The lowest BCUT2D eigenvalue weighted by Crippen LogP contribution is -2.14. The van der Waals surface area contributed by atoms with Gasteiger partial charge in [0.2, 0.25) is 5.91 Å². The molecule has 0 aromatic heterocycles. The van der Waals surface area contributed by atoms with E-state index in [1.807, 2.05) is 6.07 Å². The van der Waals surface area contributed by atoms with E-state index < -0.39 is 0 Å². The molecule has 2 aromatic carbocycles. The average Bonchev–Trinajstić information content (AvgIpc) is 3.03. The summed E-state index contributed by atoms with van der Waals surface area (Å²) in [5.74, 6) is 2.00. The van der Waals surface area contributed by atoms with Crippen LogP contribution in [-0.2, 0) is 23.4 Å². The van der Waals surface area contributed by atoms with Crippen molar-refractivity contribution in [1.29, 1.82) is 0 Å². The number of aryl methyl sites for hydroxylation is 2. The van der Waals surface area contributed by atoms with Crippen molar-refractivity contribution in [3.8, 4) is 0 Å². The molecule has 0 radical (unpaired) electrons. The lowest BCUT2D eigenvalue weighted by molar-refractivity contribution is -0.113. The molecule has 24 heavy (non-hydrogen) atoms. The van der Waals surface area contributed by atoms with E-state index in [2.05, 4.69) is 55.6 Å². The smallest absolute Gasteiger partial charge is 0.234 e. The maximum absolute atomic E-state index is 12.1. The van der Waals surface area contributed by atoms with Crippen molar-refractivity contribution in [1.82, 2.24) is 0 Å². The first-order chi connectivity index (χ1) is 11.6. The summed E-state index contributed by atoms with van der Waals surface area (Å²) in [5, 5.41) is 3.02. The van der Waals surface area contributed by atoms with Gasteiger partial charge >= 0.3 is 0 Å². The Morgan fingerprint density at radius 3 is 2.58 bits per heavy atom. The molecule has 0 saturated carbocycles. The first-order valence-corrected chi connectivity index (χ1v) is 9.85. The highest BCUT2D eigenvalue weighted by molar-refractivity contribution is 7.99. The van der Waals surface area contributed by atoms with Crippen molar-refractivity contribution < 1.29 is 4.79 Å². The van der Waals surface area contributed by atoms with Crippen LogP contribution in [0.2, 0.25) is 0 Å². The highest BCUT2D eigenvalue weighted by Gasteiger charge is 2.11. The summed E-state index contributed by atoms with van der Waals surface area (Å²) in [7, 11) is 0. The third-order valence-electron chi connectivity index (χ3n) is 4.53. The summed E-state index contributed by atoms with van der Waals surface area (Å²) < 4.78 is 0. The molecule has 3 heteroatoms. The van der Waals surface area contributed by atoms with Gasteiger partial charge in [0.15, 0.2) is 0 Å². The first-order valence-electron chi connectivity index (χ1n) is 8.70. The molecule has 0 spiro atoms. The number of nitrogens with one attached hydrogen (secondary N) is 1. The second-order valence-corrected chi connectivity index (χ2v) is 7.76. The summed E-state index contributed by atoms with van der Waals surface area (Å²) in [4.78, 5) is 12.1. The summed E-state index contributed by atoms with van der Waals surface area (Å²) in [6.45, 7) is 4.40. The first kappa shape index (κ1) is 17.1. The fourth-order valence-electron chi connectivity index (χ4n) is 3.11. The van der Waals surface area contributed by atoms with Crippen molar-refractivity contribution in [3.05, 3.63) is 64.7 Å². The molecule has 0 unspecified atom stereocenters. The Bertz CT molecular complexity index is 706. The van der Waals surface area contributed by atoms with Gasteiger partial charge in [-0.05, 0) is 59.6 Å². The molecule has 3 rings (SSSR count). The van der Waals surface area contributed by atoms with Crippen LogP contribution in [-0.4, -0.2) is 11.7 Å². The minimum absolute atomic E-state index is 0.0803. The number of thioether (sulfide) groups is 1.